The number of halogens is 1. The van der Waals surface area contributed by atoms with Crippen LogP contribution in [0.25, 0.3) is 10.9 Å². The summed E-state index contributed by atoms with van der Waals surface area (Å²) in [5, 5.41) is 1.02. The van der Waals surface area contributed by atoms with Crippen LogP contribution in [-0.2, 0) is 9.53 Å². The molecule has 2 aromatic rings. The lowest BCUT2D eigenvalue weighted by Gasteiger charge is -2.21. The summed E-state index contributed by atoms with van der Waals surface area (Å²) < 4.78 is 13.3. The minimum atomic E-state index is -0.597. The molecule has 1 aromatic heterocycles. The van der Waals surface area contributed by atoms with Gasteiger partial charge in [-0.1, -0.05) is 19.9 Å². The fraction of sp³-hybridized carbons (Fsp3) is 0.438. The van der Waals surface area contributed by atoms with Crippen molar-refractivity contribution in [2.45, 2.75) is 33.8 Å². The number of ether oxygens (including phenoxy) is 2. The molecule has 2 atom stereocenters. The van der Waals surface area contributed by atoms with E-state index in [1.807, 2.05) is 26.0 Å². The van der Waals surface area contributed by atoms with Crippen LogP contribution in [0.5, 0.6) is 5.75 Å². The molecule has 0 fully saturated rings. The number of benzene rings is 1. The molecule has 1 heterocycles. The highest BCUT2D eigenvalue weighted by atomic mass is 79.9. The Hall–Kier alpha value is -1.06. The normalized spacial score (nSPS) is 13.2. The zero-order valence-electron chi connectivity index (χ0n) is 13.2. The van der Waals surface area contributed by atoms with Crippen LogP contribution in [0.1, 0.15) is 26.5 Å². The van der Waals surface area contributed by atoms with Gasteiger partial charge in [0, 0.05) is 17.0 Å². The minimum Gasteiger partial charge on any atom is -0.478 e. The smallest absolute Gasteiger partial charge is 0.347 e. The standard InChI is InChI=1S/C16H21BrNO3P/c1-5-20-16(19)15(10(2)3)21-14-8-6-7-13-12(14)9-11(4)18(13)22-17/h6-10,15,22H,5H2,1-4H3. The maximum absolute atomic E-state index is 12.1. The van der Waals surface area contributed by atoms with Crippen LogP contribution < -0.4 is 4.74 Å². The number of aromatic nitrogens is 1. The molecule has 6 heteroatoms. The van der Waals surface area contributed by atoms with Gasteiger partial charge >= 0.3 is 5.97 Å². The summed E-state index contributed by atoms with van der Waals surface area (Å²) >= 11 is 3.53. The quantitative estimate of drug-likeness (QED) is 0.535. The van der Waals surface area contributed by atoms with Gasteiger partial charge in [0.25, 0.3) is 0 Å². The molecule has 0 bridgehead atoms. The Bertz CT molecular complexity index is 669. The molecule has 1 aromatic carbocycles. The van der Waals surface area contributed by atoms with Gasteiger partial charge in [-0.2, -0.15) is 0 Å². The average Bonchev–Trinajstić information content (AvgIpc) is 2.80. The summed E-state index contributed by atoms with van der Waals surface area (Å²) in [5.74, 6) is 0.445. The van der Waals surface area contributed by atoms with Crippen LogP contribution in [0, 0.1) is 12.8 Å². The Morgan fingerprint density at radius 3 is 2.73 bits per heavy atom. The first kappa shape index (κ1) is 17.3. The van der Waals surface area contributed by atoms with E-state index in [1.165, 1.54) is 0 Å². The second-order valence-electron chi connectivity index (χ2n) is 5.43. The fourth-order valence-corrected chi connectivity index (χ4v) is 4.26. The number of hydrogen-bond acceptors (Lipinski definition) is 3. The molecule has 0 amide bonds. The minimum absolute atomic E-state index is 0.0375. The molecule has 0 N–H and O–H groups in total. The molecule has 2 unspecified atom stereocenters. The molecule has 2 rings (SSSR count). The second-order valence-corrected chi connectivity index (χ2v) is 7.11. The first-order valence-electron chi connectivity index (χ1n) is 7.30. The van der Waals surface area contributed by atoms with Gasteiger partial charge in [0.05, 0.1) is 19.6 Å². The Balaban J connectivity index is 2.39. The van der Waals surface area contributed by atoms with Gasteiger partial charge in [-0.05, 0) is 47.5 Å². The predicted molar refractivity (Wildman–Crippen MR) is 95.2 cm³/mol. The maximum Gasteiger partial charge on any atom is 0.347 e. The highest BCUT2D eigenvalue weighted by Crippen LogP contribution is 2.36. The molecule has 120 valence electrons. The summed E-state index contributed by atoms with van der Waals surface area (Å²) in [5.41, 5.74) is 2.25. The summed E-state index contributed by atoms with van der Waals surface area (Å²) in [6.45, 7) is 8.13. The third-order valence-corrected chi connectivity index (χ3v) is 5.28. The van der Waals surface area contributed by atoms with Crippen molar-refractivity contribution in [2.24, 2.45) is 5.92 Å². The predicted octanol–water partition coefficient (Wildman–Crippen LogP) is 4.67. The van der Waals surface area contributed by atoms with Crippen LogP contribution in [0.2, 0.25) is 0 Å². The average molecular weight is 386 g/mol. The third kappa shape index (κ3) is 3.47. The monoisotopic (exact) mass is 385 g/mol. The van der Waals surface area contributed by atoms with Gasteiger partial charge in [-0.3, -0.25) is 0 Å². The van der Waals surface area contributed by atoms with Crippen molar-refractivity contribution >= 4 is 39.8 Å². The van der Waals surface area contributed by atoms with Crippen LogP contribution in [0.4, 0.5) is 0 Å². The van der Waals surface area contributed by atoms with Crippen LogP contribution >= 0.6 is 22.9 Å². The summed E-state index contributed by atoms with van der Waals surface area (Å²) in [4.78, 5) is 12.1. The first-order valence-corrected chi connectivity index (χ1v) is 10.5. The SMILES string of the molecule is CCOC(=O)C(Oc1cccc2c1cc(C)n2PBr)C(C)C. The number of aryl methyl sites for hydroxylation is 1. The number of carbonyl (C=O) groups excluding carboxylic acids is 1. The summed E-state index contributed by atoms with van der Waals surface area (Å²) in [7, 11) is 0.472. The van der Waals surface area contributed by atoms with Gasteiger partial charge in [0.1, 0.15) is 5.75 Å². The van der Waals surface area contributed by atoms with Crippen LogP contribution in [0.15, 0.2) is 24.3 Å². The maximum atomic E-state index is 12.1. The van der Waals surface area contributed by atoms with E-state index in [-0.39, 0.29) is 11.9 Å². The molecule has 0 saturated carbocycles. The molecule has 22 heavy (non-hydrogen) atoms. The van der Waals surface area contributed by atoms with Crippen molar-refractivity contribution in [1.29, 1.82) is 0 Å². The molecule has 0 spiro atoms. The molecular weight excluding hydrogens is 365 g/mol. The van der Waals surface area contributed by atoms with E-state index >= 15 is 0 Å². The lowest BCUT2D eigenvalue weighted by molar-refractivity contribution is -0.153. The van der Waals surface area contributed by atoms with Crippen molar-refractivity contribution < 1.29 is 14.3 Å². The molecule has 0 radical (unpaired) electrons. The van der Waals surface area contributed by atoms with Gasteiger partial charge < -0.3 is 13.8 Å². The molecule has 4 nitrogen and oxygen atoms in total. The zero-order valence-corrected chi connectivity index (χ0v) is 15.8. The van der Waals surface area contributed by atoms with Crippen molar-refractivity contribution in [1.82, 2.24) is 4.34 Å². The fourth-order valence-electron chi connectivity index (χ4n) is 2.37. The summed E-state index contributed by atoms with van der Waals surface area (Å²) in [6.07, 6.45) is -0.597. The second kappa shape index (κ2) is 7.47. The number of rotatable bonds is 6. The van der Waals surface area contributed by atoms with Gasteiger partial charge in [-0.25, -0.2) is 4.79 Å². The Kier molecular flexibility index (Phi) is 5.87. The molecular formula is C16H21BrNO3P. The van der Waals surface area contributed by atoms with E-state index in [1.54, 1.807) is 6.92 Å². The van der Waals surface area contributed by atoms with E-state index < -0.39 is 6.10 Å². The van der Waals surface area contributed by atoms with Crippen molar-refractivity contribution in [2.75, 3.05) is 6.61 Å². The zero-order chi connectivity index (χ0) is 16.3. The van der Waals surface area contributed by atoms with E-state index in [0.717, 1.165) is 22.3 Å². The topological polar surface area (TPSA) is 40.5 Å². The number of carbonyl (C=O) groups is 1. The lowest BCUT2D eigenvalue weighted by Crippen LogP contribution is -2.34. The Morgan fingerprint density at radius 2 is 2.14 bits per heavy atom. The van der Waals surface area contributed by atoms with Crippen molar-refractivity contribution in [3.05, 3.63) is 30.0 Å². The van der Waals surface area contributed by atoms with Crippen LogP contribution in [0.3, 0.4) is 0 Å². The van der Waals surface area contributed by atoms with Crippen LogP contribution in [-0.4, -0.2) is 23.0 Å². The van der Waals surface area contributed by atoms with Crippen molar-refractivity contribution in [3.63, 3.8) is 0 Å². The first-order chi connectivity index (χ1) is 10.5. The van der Waals surface area contributed by atoms with E-state index in [2.05, 4.69) is 38.9 Å². The largest absolute Gasteiger partial charge is 0.478 e. The molecule has 0 aliphatic heterocycles. The molecule has 0 aliphatic carbocycles. The third-order valence-electron chi connectivity index (χ3n) is 3.45. The molecule has 0 aliphatic rings. The van der Waals surface area contributed by atoms with E-state index in [0.29, 0.717) is 14.0 Å². The van der Waals surface area contributed by atoms with Gasteiger partial charge in [-0.15, -0.1) is 0 Å². The Labute approximate surface area is 140 Å². The van der Waals surface area contributed by atoms with E-state index in [4.69, 9.17) is 9.47 Å². The Morgan fingerprint density at radius 1 is 1.41 bits per heavy atom. The number of esters is 1. The molecule has 0 saturated heterocycles. The lowest BCUT2D eigenvalue weighted by atomic mass is 10.1. The highest BCUT2D eigenvalue weighted by Gasteiger charge is 2.26. The van der Waals surface area contributed by atoms with Crippen molar-refractivity contribution in [3.8, 4) is 5.75 Å². The van der Waals surface area contributed by atoms with E-state index in [9.17, 15) is 4.79 Å². The summed E-state index contributed by atoms with van der Waals surface area (Å²) in [6, 6.07) is 7.99. The highest BCUT2D eigenvalue weighted by molar-refractivity contribution is 9.36. The van der Waals surface area contributed by atoms with Gasteiger partial charge in [0.15, 0.2) is 6.10 Å². The van der Waals surface area contributed by atoms with Gasteiger partial charge in [0.2, 0.25) is 0 Å². The number of fused-ring (bicyclic) bond motifs is 1. The number of hydrogen-bond donors (Lipinski definition) is 0. The number of nitrogens with zero attached hydrogens (tertiary/aromatic N) is 1.